The van der Waals surface area contributed by atoms with E-state index in [2.05, 4.69) is 5.32 Å². The van der Waals surface area contributed by atoms with Gasteiger partial charge in [0.15, 0.2) is 0 Å². The van der Waals surface area contributed by atoms with Gasteiger partial charge in [0.1, 0.15) is 6.17 Å². The highest BCUT2D eigenvalue weighted by atomic mass is 19.1. The van der Waals surface area contributed by atoms with E-state index in [1.165, 1.54) is 0 Å². The highest BCUT2D eigenvalue weighted by molar-refractivity contribution is 5.31. The minimum absolute atomic E-state index is 0.0628. The third-order valence-electron chi connectivity index (χ3n) is 3.01. The SMILES string of the molecule is OC[C@@H](F)CNC(c1ccccc1)c1ccccc1. The van der Waals surface area contributed by atoms with Crippen LogP contribution in [-0.4, -0.2) is 24.4 Å². The average Bonchev–Trinajstić information content (AvgIpc) is 2.49. The maximum atomic E-state index is 13.2. The van der Waals surface area contributed by atoms with Crippen LogP contribution in [0.25, 0.3) is 0 Å². The lowest BCUT2D eigenvalue weighted by atomic mass is 9.98. The molecule has 2 N–H and O–H groups in total. The Bertz CT molecular complexity index is 435. The largest absolute Gasteiger partial charge is 0.393 e. The Morgan fingerprint density at radius 2 is 1.37 bits per heavy atom. The number of rotatable bonds is 6. The van der Waals surface area contributed by atoms with Gasteiger partial charge in [-0.1, -0.05) is 60.7 Å². The van der Waals surface area contributed by atoms with Gasteiger partial charge < -0.3 is 10.4 Å². The topological polar surface area (TPSA) is 32.3 Å². The lowest BCUT2D eigenvalue weighted by Gasteiger charge is -2.20. The van der Waals surface area contributed by atoms with E-state index < -0.39 is 12.8 Å². The molecular weight excluding hydrogens is 241 g/mol. The molecule has 0 bridgehead atoms. The molecule has 1 atom stereocenters. The first kappa shape index (κ1) is 13.7. The summed E-state index contributed by atoms with van der Waals surface area (Å²) in [5.41, 5.74) is 2.16. The molecule has 2 rings (SSSR count). The zero-order chi connectivity index (χ0) is 13.5. The molecule has 0 aliphatic carbocycles. The third-order valence-corrected chi connectivity index (χ3v) is 3.01. The van der Waals surface area contributed by atoms with Crippen molar-refractivity contribution in [3.63, 3.8) is 0 Å². The van der Waals surface area contributed by atoms with Crippen molar-refractivity contribution in [1.29, 1.82) is 0 Å². The van der Waals surface area contributed by atoms with Crippen LogP contribution in [0.4, 0.5) is 4.39 Å². The van der Waals surface area contributed by atoms with E-state index in [1.807, 2.05) is 60.7 Å². The molecule has 100 valence electrons. The molecule has 0 aromatic heterocycles. The number of aliphatic hydroxyl groups excluding tert-OH is 1. The summed E-state index contributed by atoms with van der Waals surface area (Å²) >= 11 is 0. The summed E-state index contributed by atoms with van der Waals surface area (Å²) in [4.78, 5) is 0. The van der Waals surface area contributed by atoms with Crippen molar-refractivity contribution in [3.8, 4) is 0 Å². The zero-order valence-electron chi connectivity index (χ0n) is 10.7. The number of alkyl halides is 1. The summed E-state index contributed by atoms with van der Waals surface area (Å²) in [5, 5.41) is 11.9. The molecule has 19 heavy (non-hydrogen) atoms. The quantitative estimate of drug-likeness (QED) is 0.836. The highest BCUT2D eigenvalue weighted by Crippen LogP contribution is 2.21. The summed E-state index contributed by atoms with van der Waals surface area (Å²) in [6.45, 7) is -0.325. The lowest BCUT2D eigenvalue weighted by molar-refractivity contribution is 0.173. The zero-order valence-corrected chi connectivity index (χ0v) is 10.7. The third kappa shape index (κ3) is 3.88. The number of hydrogen-bond donors (Lipinski definition) is 2. The van der Waals surface area contributed by atoms with Gasteiger partial charge in [0, 0.05) is 6.54 Å². The Labute approximate surface area is 112 Å². The van der Waals surface area contributed by atoms with Gasteiger partial charge in [-0.15, -0.1) is 0 Å². The van der Waals surface area contributed by atoms with Crippen LogP contribution in [0.15, 0.2) is 60.7 Å². The van der Waals surface area contributed by atoms with Gasteiger partial charge in [-0.25, -0.2) is 4.39 Å². The fourth-order valence-electron chi connectivity index (χ4n) is 2.03. The second-order valence-electron chi connectivity index (χ2n) is 4.44. The second-order valence-corrected chi connectivity index (χ2v) is 4.44. The van der Waals surface area contributed by atoms with Crippen molar-refractivity contribution in [1.82, 2.24) is 5.32 Å². The highest BCUT2D eigenvalue weighted by Gasteiger charge is 2.15. The van der Waals surface area contributed by atoms with E-state index in [1.54, 1.807) is 0 Å². The molecule has 0 aliphatic heterocycles. The fraction of sp³-hybridized carbons (Fsp3) is 0.250. The van der Waals surface area contributed by atoms with Crippen LogP contribution in [0.5, 0.6) is 0 Å². The molecule has 0 unspecified atom stereocenters. The van der Waals surface area contributed by atoms with Crippen molar-refractivity contribution in [2.75, 3.05) is 13.2 Å². The van der Waals surface area contributed by atoms with Crippen LogP contribution in [0.1, 0.15) is 17.2 Å². The van der Waals surface area contributed by atoms with E-state index >= 15 is 0 Å². The average molecular weight is 259 g/mol. The number of aliphatic hydroxyl groups is 1. The predicted octanol–water partition coefficient (Wildman–Crippen LogP) is 2.70. The minimum atomic E-state index is -1.24. The number of hydrogen-bond acceptors (Lipinski definition) is 2. The molecule has 0 amide bonds. The minimum Gasteiger partial charge on any atom is -0.393 e. The van der Waals surface area contributed by atoms with Gasteiger partial charge in [-0.05, 0) is 11.1 Å². The van der Waals surface area contributed by atoms with E-state index in [9.17, 15) is 4.39 Å². The summed E-state index contributed by atoms with van der Waals surface area (Å²) in [7, 11) is 0. The monoisotopic (exact) mass is 259 g/mol. The molecule has 0 heterocycles. The normalized spacial score (nSPS) is 12.6. The molecule has 0 spiro atoms. The number of nitrogens with one attached hydrogen (secondary N) is 1. The van der Waals surface area contributed by atoms with Crippen molar-refractivity contribution in [2.45, 2.75) is 12.2 Å². The van der Waals surface area contributed by atoms with E-state index in [0.29, 0.717) is 0 Å². The first-order chi connectivity index (χ1) is 9.31. The maximum Gasteiger partial charge on any atom is 0.135 e. The molecule has 0 fully saturated rings. The van der Waals surface area contributed by atoms with E-state index in [-0.39, 0.29) is 12.6 Å². The summed E-state index contributed by atoms with van der Waals surface area (Å²) in [6.07, 6.45) is -1.24. The molecular formula is C16H18FNO. The molecule has 3 heteroatoms. The van der Waals surface area contributed by atoms with Crippen LogP contribution in [0.3, 0.4) is 0 Å². The standard InChI is InChI=1S/C16H18FNO/c17-15(12-19)11-18-16(13-7-3-1-4-8-13)14-9-5-2-6-10-14/h1-10,15-16,18-19H,11-12H2/t15-/m0/s1. The fourth-order valence-corrected chi connectivity index (χ4v) is 2.03. The van der Waals surface area contributed by atoms with Crippen molar-refractivity contribution >= 4 is 0 Å². The van der Waals surface area contributed by atoms with Crippen LogP contribution in [-0.2, 0) is 0 Å². The number of halogens is 1. The van der Waals surface area contributed by atoms with Gasteiger partial charge in [-0.3, -0.25) is 0 Å². The molecule has 0 radical (unpaired) electrons. The van der Waals surface area contributed by atoms with Crippen LogP contribution in [0.2, 0.25) is 0 Å². The van der Waals surface area contributed by atoms with Gasteiger partial charge in [-0.2, -0.15) is 0 Å². The van der Waals surface area contributed by atoms with Crippen molar-refractivity contribution in [3.05, 3.63) is 71.8 Å². The number of benzene rings is 2. The molecule has 0 aliphatic rings. The molecule has 2 aromatic rings. The summed E-state index contributed by atoms with van der Waals surface area (Å²) in [6, 6.07) is 19.7. The van der Waals surface area contributed by atoms with Crippen molar-refractivity contribution < 1.29 is 9.50 Å². The molecule has 0 saturated carbocycles. The van der Waals surface area contributed by atoms with Gasteiger partial charge >= 0.3 is 0 Å². The molecule has 0 saturated heterocycles. The maximum absolute atomic E-state index is 13.2. The van der Waals surface area contributed by atoms with Crippen LogP contribution in [0, 0.1) is 0 Å². The molecule has 2 aromatic carbocycles. The molecule has 2 nitrogen and oxygen atoms in total. The van der Waals surface area contributed by atoms with Gasteiger partial charge in [0.05, 0.1) is 12.6 Å². The Morgan fingerprint density at radius 3 is 1.79 bits per heavy atom. The van der Waals surface area contributed by atoms with Gasteiger partial charge in [0.2, 0.25) is 0 Å². The Kier molecular flexibility index (Phi) is 5.07. The predicted molar refractivity (Wildman–Crippen MR) is 74.7 cm³/mol. The Hall–Kier alpha value is -1.71. The van der Waals surface area contributed by atoms with Crippen molar-refractivity contribution in [2.24, 2.45) is 0 Å². The summed E-state index contributed by atoms with van der Waals surface area (Å²) < 4.78 is 13.2. The first-order valence-corrected chi connectivity index (χ1v) is 6.39. The van der Waals surface area contributed by atoms with E-state index in [0.717, 1.165) is 11.1 Å². The first-order valence-electron chi connectivity index (χ1n) is 6.39. The lowest BCUT2D eigenvalue weighted by Crippen LogP contribution is -2.30. The van der Waals surface area contributed by atoms with Gasteiger partial charge in [0.25, 0.3) is 0 Å². The second kappa shape index (κ2) is 7.02. The summed E-state index contributed by atoms with van der Waals surface area (Å²) in [5.74, 6) is 0. The van der Waals surface area contributed by atoms with Crippen LogP contribution >= 0.6 is 0 Å². The Morgan fingerprint density at radius 1 is 0.895 bits per heavy atom. The van der Waals surface area contributed by atoms with E-state index in [4.69, 9.17) is 5.11 Å². The Balaban J connectivity index is 2.19. The van der Waals surface area contributed by atoms with Crippen LogP contribution < -0.4 is 5.32 Å². The smallest absolute Gasteiger partial charge is 0.135 e.